The van der Waals surface area contributed by atoms with Crippen LogP contribution in [0.4, 0.5) is 0 Å². The van der Waals surface area contributed by atoms with E-state index in [1.165, 1.54) is 18.6 Å². The van der Waals surface area contributed by atoms with E-state index in [9.17, 15) is 9.59 Å². The van der Waals surface area contributed by atoms with Crippen molar-refractivity contribution in [2.24, 2.45) is 0 Å². The van der Waals surface area contributed by atoms with Gasteiger partial charge in [-0.05, 0) is 24.5 Å². The van der Waals surface area contributed by atoms with Crippen molar-refractivity contribution in [2.45, 2.75) is 13.3 Å². The van der Waals surface area contributed by atoms with Crippen LogP contribution in [0.2, 0.25) is 0 Å². The molecule has 1 aromatic rings. The lowest BCUT2D eigenvalue weighted by molar-refractivity contribution is -0.139. The monoisotopic (exact) mass is 199 g/mol. The average molecular weight is 199 g/mol. The molecule has 13 heavy (non-hydrogen) atoms. The number of aromatic nitrogens is 1. The minimum absolute atomic E-state index is 0.236. The summed E-state index contributed by atoms with van der Waals surface area (Å²) in [6, 6.07) is 1.66. The van der Waals surface area contributed by atoms with Gasteiger partial charge in [0.15, 0.2) is 5.78 Å². The molecule has 1 rings (SSSR count). The maximum atomic E-state index is 11.3. The summed E-state index contributed by atoms with van der Waals surface area (Å²) < 4.78 is 8.25. The number of carbonyl (C=O) groups excluding carboxylic acids is 2. The van der Waals surface area contributed by atoms with Crippen LogP contribution >= 0.6 is 11.5 Å². The molecule has 0 amide bonds. The molecule has 4 nitrogen and oxygen atoms in total. The molecule has 0 aliphatic carbocycles. The van der Waals surface area contributed by atoms with Gasteiger partial charge in [0.2, 0.25) is 0 Å². The highest BCUT2D eigenvalue weighted by Crippen LogP contribution is 2.10. The highest BCUT2D eigenvalue weighted by molar-refractivity contribution is 7.05. The predicted molar refractivity (Wildman–Crippen MR) is 47.8 cm³/mol. The molecule has 0 saturated heterocycles. The number of methoxy groups -OCH3 is 1. The molecule has 0 saturated carbocycles. The van der Waals surface area contributed by atoms with E-state index < -0.39 is 5.97 Å². The molecule has 0 aliphatic heterocycles. The Morgan fingerprint density at radius 2 is 2.31 bits per heavy atom. The molecule has 1 aromatic heterocycles. The predicted octanol–water partition coefficient (Wildman–Crippen LogP) is 1.20. The summed E-state index contributed by atoms with van der Waals surface area (Å²) in [7, 11) is 1.25. The second-order valence-electron chi connectivity index (χ2n) is 2.50. The number of rotatable bonds is 3. The lowest BCUT2D eigenvalue weighted by Crippen LogP contribution is -2.09. The third kappa shape index (κ3) is 2.62. The van der Waals surface area contributed by atoms with Crippen molar-refractivity contribution < 1.29 is 14.3 Å². The van der Waals surface area contributed by atoms with Gasteiger partial charge in [0.1, 0.15) is 12.1 Å². The molecule has 0 bridgehead atoms. The number of esters is 1. The van der Waals surface area contributed by atoms with Gasteiger partial charge in [-0.3, -0.25) is 9.59 Å². The van der Waals surface area contributed by atoms with E-state index >= 15 is 0 Å². The first-order valence-corrected chi connectivity index (χ1v) is 4.44. The highest BCUT2D eigenvalue weighted by atomic mass is 32.1. The molecule has 0 unspecified atom stereocenters. The smallest absolute Gasteiger partial charge is 0.313 e. The normalized spacial score (nSPS) is 9.69. The molecule has 0 atom stereocenters. The zero-order valence-electron chi connectivity index (χ0n) is 7.36. The Kier molecular flexibility index (Phi) is 3.13. The van der Waals surface area contributed by atoms with Crippen molar-refractivity contribution in [2.75, 3.05) is 7.11 Å². The van der Waals surface area contributed by atoms with Crippen LogP contribution in [0.3, 0.4) is 0 Å². The molecule has 0 aromatic carbocycles. The lowest BCUT2D eigenvalue weighted by Gasteiger charge is -1.94. The van der Waals surface area contributed by atoms with Gasteiger partial charge < -0.3 is 4.74 Å². The van der Waals surface area contributed by atoms with Crippen molar-refractivity contribution in [1.29, 1.82) is 0 Å². The number of hydrogen-bond donors (Lipinski definition) is 0. The fourth-order valence-electron chi connectivity index (χ4n) is 0.792. The van der Waals surface area contributed by atoms with Crippen LogP contribution in [-0.2, 0) is 9.53 Å². The third-order valence-corrected chi connectivity index (χ3v) is 2.14. The van der Waals surface area contributed by atoms with Crippen LogP contribution in [0.25, 0.3) is 0 Å². The molecule has 5 heteroatoms. The summed E-state index contributed by atoms with van der Waals surface area (Å²) >= 11 is 1.24. The molecular weight excluding hydrogens is 190 g/mol. The summed E-state index contributed by atoms with van der Waals surface area (Å²) in [5, 5.41) is 0. The van der Waals surface area contributed by atoms with E-state index in [1.807, 2.05) is 6.92 Å². The number of Topliss-reactive ketones (excluding diaryl/α,β-unsaturated/α-hetero) is 1. The van der Waals surface area contributed by atoms with Crippen molar-refractivity contribution >= 4 is 23.3 Å². The molecule has 1 heterocycles. The summed E-state index contributed by atoms with van der Waals surface area (Å²) in [5.41, 5.74) is 0.341. The number of ketones is 1. The molecule has 70 valence electrons. The van der Waals surface area contributed by atoms with E-state index in [0.717, 1.165) is 4.88 Å². The molecule has 0 fully saturated rings. The largest absolute Gasteiger partial charge is 0.469 e. The Bertz CT molecular complexity index is 332. The zero-order valence-corrected chi connectivity index (χ0v) is 8.18. The zero-order chi connectivity index (χ0) is 9.84. The molecule has 0 radical (unpaired) electrons. The standard InChI is InChI=1S/C8H9NO3S/c1-5-3-6(9-13-5)7(10)4-8(11)12-2/h3H,4H2,1-2H3. The molecule has 0 N–H and O–H groups in total. The maximum Gasteiger partial charge on any atom is 0.313 e. The van der Waals surface area contributed by atoms with Crippen molar-refractivity contribution in [1.82, 2.24) is 4.37 Å². The lowest BCUT2D eigenvalue weighted by atomic mass is 10.2. The number of aryl methyl sites for hydroxylation is 1. The van der Waals surface area contributed by atoms with E-state index in [2.05, 4.69) is 9.11 Å². The first-order chi connectivity index (χ1) is 6.13. The third-order valence-electron chi connectivity index (χ3n) is 1.45. The van der Waals surface area contributed by atoms with Gasteiger partial charge in [-0.1, -0.05) is 0 Å². The number of ether oxygens (including phenoxy) is 1. The van der Waals surface area contributed by atoms with Gasteiger partial charge in [-0.25, -0.2) is 0 Å². The summed E-state index contributed by atoms with van der Waals surface area (Å²) in [4.78, 5) is 23.0. The first-order valence-electron chi connectivity index (χ1n) is 3.67. The Morgan fingerprint density at radius 1 is 1.62 bits per heavy atom. The maximum absolute atomic E-state index is 11.3. The van der Waals surface area contributed by atoms with Gasteiger partial charge >= 0.3 is 5.97 Å². The number of nitrogens with zero attached hydrogens (tertiary/aromatic N) is 1. The van der Waals surface area contributed by atoms with Crippen LogP contribution in [0.15, 0.2) is 6.07 Å². The van der Waals surface area contributed by atoms with Crippen LogP contribution in [0, 0.1) is 6.92 Å². The van der Waals surface area contributed by atoms with Crippen molar-refractivity contribution in [3.63, 3.8) is 0 Å². The summed E-state index contributed by atoms with van der Waals surface area (Å²) in [6.07, 6.45) is -0.236. The number of carbonyl (C=O) groups is 2. The quantitative estimate of drug-likeness (QED) is 0.417. The Morgan fingerprint density at radius 3 is 2.77 bits per heavy atom. The Hall–Kier alpha value is -1.23. The molecular formula is C8H9NO3S. The Balaban J connectivity index is 2.64. The van der Waals surface area contributed by atoms with Crippen molar-refractivity contribution in [3.8, 4) is 0 Å². The minimum atomic E-state index is -0.532. The van der Waals surface area contributed by atoms with Crippen LogP contribution in [-0.4, -0.2) is 23.2 Å². The van der Waals surface area contributed by atoms with E-state index in [1.54, 1.807) is 6.07 Å². The molecule has 0 spiro atoms. The van der Waals surface area contributed by atoms with Gasteiger partial charge in [0, 0.05) is 4.88 Å². The van der Waals surface area contributed by atoms with Crippen molar-refractivity contribution in [3.05, 3.63) is 16.6 Å². The molecule has 0 aliphatic rings. The van der Waals surface area contributed by atoms with Crippen LogP contribution in [0.5, 0.6) is 0 Å². The second kappa shape index (κ2) is 4.13. The van der Waals surface area contributed by atoms with Gasteiger partial charge in [0.05, 0.1) is 7.11 Å². The second-order valence-corrected chi connectivity index (χ2v) is 3.51. The van der Waals surface area contributed by atoms with Gasteiger partial charge in [-0.15, -0.1) is 0 Å². The number of hydrogen-bond acceptors (Lipinski definition) is 5. The minimum Gasteiger partial charge on any atom is -0.469 e. The summed E-state index contributed by atoms with van der Waals surface area (Å²) in [5.74, 6) is -0.827. The fraction of sp³-hybridized carbons (Fsp3) is 0.375. The van der Waals surface area contributed by atoms with Crippen LogP contribution < -0.4 is 0 Å². The van der Waals surface area contributed by atoms with E-state index in [0.29, 0.717) is 5.69 Å². The Labute approximate surface area is 79.7 Å². The topological polar surface area (TPSA) is 56.3 Å². The summed E-state index contributed by atoms with van der Waals surface area (Å²) in [6.45, 7) is 1.85. The van der Waals surface area contributed by atoms with Crippen LogP contribution in [0.1, 0.15) is 21.8 Å². The van der Waals surface area contributed by atoms with E-state index in [-0.39, 0.29) is 12.2 Å². The van der Waals surface area contributed by atoms with Gasteiger partial charge in [0.25, 0.3) is 0 Å². The average Bonchev–Trinajstić information content (AvgIpc) is 2.51. The first kappa shape index (κ1) is 9.85. The fourth-order valence-corrected chi connectivity index (χ4v) is 1.35. The van der Waals surface area contributed by atoms with E-state index in [4.69, 9.17) is 0 Å². The SMILES string of the molecule is COC(=O)CC(=O)c1cc(C)sn1. The van der Waals surface area contributed by atoms with Gasteiger partial charge in [-0.2, -0.15) is 4.37 Å². The highest BCUT2D eigenvalue weighted by Gasteiger charge is 2.14.